The Hall–Kier alpha value is -4.16. The highest BCUT2D eigenvalue weighted by Gasteiger charge is 2.55. The first-order valence-electron chi connectivity index (χ1n) is 14.2. The Kier molecular flexibility index (Phi) is 5.67. The molecule has 0 saturated carbocycles. The van der Waals surface area contributed by atoms with Gasteiger partial charge < -0.3 is 0 Å². The smallest absolute Gasteiger partial charge is 0.0418 e. The molecule has 190 valence electrons. The summed E-state index contributed by atoms with van der Waals surface area (Å²) >= 11 is 0. The van der Waals surface area contributed by atoms with E-state index < -0.39 is 0 Å². The Morgan fingerprint density at radius 1 is 0.538 bits per heavy atom. The van der Waals surface area contributed by atoms with Gasteiger partial charge in [0.2, 0.25) is 0 Å². The molecule has 0 radical (unpaired) electrons. The van der Waals surface area contributed by atoms with Crippen molar-refractivity contribution in [3.63, 3.8) is 0 Å². The van der Waals surface area contributed by atoms with E-state index in [9.17, 15) is 0 Å². The van der Waals surface area contributed by atoms with E-state index in [0.717, 1.165) is 0 Å². The van der Waals surface area contributed by atoms with Crippen molar-refractivity contribution in [3.8, 4) is 11.1 Å². The third kappa shape index (κ3) is 3.44. The van der Waals surface area contributed by atoms with Gasteiger partial charge in [0, 0.05) is 17.3 Å². The monoisotopic (exact) mass is 502 g/mol. The molecule has 0 nitrogen and oxygen atoms in total. The standard InChI is InChI=1S/C39H34/c1-26(2)31-24-14-15-28-25-27(3)37(36(28)31)39(29-16-6-4-7-17-29,30-18-8-5-9-19-30)38-34-22-12-10-20-32(34)33-21-11-13-23-35(33)38/h4-26,37-38H,1-3H3. The fraction of sp³-hybridized carbons (Fsp3) is 0.179. The normalized spacial score (nSPS) is 16.1. The lowest BCUT2D eigenvalue weighted by Gasteiger charge is -2.48. The molecule has 0 spiro atoms. The van der Waals surface area contributed by atoms with Crippen LogP contribution in [0.2, 0.25) is 0 Å². The van der Waals surface area contributed by atoms with Crippen LogP contribution < -0.4 is 0 Å². The molecule has 5 aromatic rings. The second kappa shape index (κ2) is 9.24. The lowest BCUT2D eigenvalue weighted by Crippen LogP contribution is -2.41. The SMILES string of the molecule is CC1=Cc2cccc(C(C)C)c2C1C(c1ccccc1)(c1ccccc1)C1c2ccccc2-c2ccccc21. The van der Waals surface area contributed by atoms with Crippen molar-refractivity contribution in [2.45, 2.75) is 43.9 Å². The fourth-order valence-corrected chi connectivity index (χ4v) is 7.78. The second-order valence-corrected chi connectivity index (χ2v) is 11.5. The quantitative estimate of drug-likeness (QED) is 0.224. The molecular weight excluding hydrogens is 468 g/mol. The zero-order valence-electron chi connectivity index (χ0n) is 22.9. The summed E-state index contributed by atoms with van der Waals surface area (Å²) in [6.45, 7) is 7.04. The molecule has 0 bridgehead atoms. The third-order valence-corrected chi connectivity index (χ3v) is 9.17. The Labute approximate surface area is 232 Å². The topological polar surface area (TPSA) is 0 Å². The maximum absolute atomic E-state index is 2.46. The molecule has 0 heterocycles. The number of allylic oxidation sites excluding steroid dienone is 1. The second-order valence-electron chi connectivity index (χ2n) is 11.5. The van der Waals surface area contributed by atoms with Crippen LogP contribution in [0, 0.1) is 0 Å². The van der Waals surface area contributed by atoms with E-state index in [1.807, 2.05) is 0 Å². The molecule has 0 N–H and O–H groups in total. The van der Waals surface area contributed by atoms with E-state index in [1.54, 1.807) is 0 Å². The van der Waals surface area contributed by atoms with Crippen LogP contribution in [0.3, 0.4) is 0 Å². The van der Waals surface area contributed by atoms with Crippen molar-refractivity contribution in [3.05, 3.63) is 172 Å². The average Bonchev–Trinajstić information content (AvgIpc) is 3.50. The molecule has 0 amide bonds. The zero-order valence-corrected chi connectivity index (χ0v) is 22.9. The minimum absolute atomic E-state index is 0.161. The molecule has 0 fully saturated rings. The van der Waals surface area contributed by atoms with Gasteiger partial charge in [-0.25, -0.2) is 0 Å². The summed E-state index contributed by atoms with van der Waals surface area (Å²) in [6, 6.07) is 47.9. The van der Waals surface area contributed by atoms with Crippen LogP contribution in [-0.4, -0.2) is 0 Å². The third-order valence-electron chi connectivity index (χ3n) is 9.17. The van der Waals surface area contributed by atoms with Gasteiger partial charge in [-0.1, -0.05) is 153 Å². The maximum Gasteiger partial charge on any atom is 0.0418 e. The van der Waals surface area contributed by atoms with Gasteiger partial charge in [0.1, 0.15) is 0 Å². The molecule has 5 aromatic carbocycles. The van der Waals surface area contributed by atoms with E-state index >= 15 is 0 Å². The highest BCUT2D eigenvalue weighted by Crippen LogP contribution is 2.64. The summed E-state index contributed by atoms with van der Waals surface area (Å²) in [7, 11) is 0. The fourth-order valence-electron chi connectivity index (χ4n) is 7.78. The van der Waals surface area contributed by atoms with Crippen molar-refractivity contribution in [2.24, 2.45) is 0 Å². The molecule has 39 heavy (non-hydrogen) atoms. The molecule has 1 atom stereocenters. The first-order chi connectivity index (χ1) is 19.1. The van der Waals surface area contributed by atoms with Crippen LogP contribution in [0.1, 0.15) is 77.5 Å². The molecule has 0 aromatic heterocycles. The minimum Gasteiger partial charge on any atom is -0.0639 e. The Balaban J connectivity index is 1.67. The first kappa shape index (κ1) is 23.9. The highest BCUT2D eigenvalue weighted by atomic mass is 14.6. The van der Waals surface area contributed by atoms with Crippen molar-refractivity contribution >= 4 is 6.08 Å². The molecule has 2 aliphatic carbocycles. The largest absolute Gasteiger partial charge is 0.0639 e. The number of rotatable bonds is 5. The molecule has 2 aliphatic rings. The predicted octanol–water partition coefficient (Wildman–Crippen LogP) is 10.1. The van der Waals surface area contributed by atoms with Crippen LogP contribution in [0.4, 0.5) is 0 Å². The van der Waals surface area contributed by atoms with Crippen molar-refractivity contribution in [1.29, 1.82) is 0 Å². The van der Waals surface area contributed by atoms with Crippen LogP contribution in [0.25, 0.3) is 17.2 Å². The summed E-state index contributed by atoms with van der Waals surface area (Å²) in [4.78, 5) is 0. The lowest BCUT2D eigenvalue weighted by molar-refractivity contribution is 0.403. The molecule has 0 heteroatoms. The highest BCUT2D eigenvalue weighted by molar-refractivity contribution is 5.82. The predicted molar refractivity (Wildman–Crippen MR) is 164 cm³/mol. The van der Waals surface area contributed by atoms with Crippen LogP contribution in [-0.2, 0) is 5.41 Å². The summed E-state index contributed by atoms with van der Waals surface area (Å²) < 4.78 is 0. The van der Waals surface area contributed by atoms with Gasteiger partial charge in [0.05, 0.1) is 0 Å². The van der Waals surface area contributed by atoms with Crippen LogP contribution >= 0.6 is 0 Å². The van der Waals surface area contributed by atoms with E-state index in [4.69, 9.17) is 0 Å². The van der Waals surface area contributed by atoms with Gasteiger partial charge in [-0.05, 0) is 62.9 Å². The van der Waals surface area contributed by atoms with Crippen molar-refractivity contribution in [2.75, 3.05) is 0 Å². The van der Waals surface area contributed by atoms with Gasteiger partial charge in [-0.2, -0.15) is 0 Å². The Bertz CT molecular complexity index is 1600. The number of hydrogen-bond acceptors (Lipinski definition) is 0. The van der Waals surface area contributed by atoms with E-state index in [1.165, 1.54) is 55.6 Å². The molecule has 1 unspecified atom stereocenters. The van der Waals surface area contributed by atoms with Gasteiger partial charge in [0.25, 0.3) is 0 Å². The average molecular weight is 503 g/mol. The van der Waals surface area contributed by atoms with Gasteiger partial charge in [-0.15, -0.1) is 0 Å². The maximum atomic E-state index is 2.46. The van der Waals surface area contributed by atoms with E-state index in [-0.39, 0.29) is 17.3 Å². The molecule has 0 saturated heterocycles. The van der Waals surface area contributed by atoms with Crippen molar-refractivity contribution < 1.29 is 0 Å². The van der Waals surface area contributed by atoms with E-state index in [2.05, 4.69) is 154 Å². The minimum atomic E-state index is -0.345. The molecule has 0 aliphatic heterocycles. The molecule has 7 rings (SSSR count). The summed E-state index contributed by atoms with van der Waals surface area (Å²) in [5.41, 5.74) is 13.8. The summed E-state index contributed by atoms with van der Waals surface area (Å²) in [5.74, 6) is 0.795. The van der Waals surface area contributed by atoms with E-state index in [0.29, 0.717) is 5.92 Å². The van der Waals surface area contributed by atoms with Crippen LogP contribution in [0.5, 0.6) is 0 Å². The van der Waals surface area contributed by atoms with Gasteiger partial charge >= 0.3 is 0 Å². The Morgan fingerprint density at radius 2 is 1.05 bits per heavy atom. The Morgan fingerprint density at radius 3 is 1.59 bits per heavy atom. The zero-order chi connectivity index (χ0) is 26.6. The van der Waals surface area contributed by atoms with Gasteiger partial charge in [0.15, 0.2) is 0 Å². The molecular formula is C39H34. The summed E-state index contributed by atoms with van der Waals surface area (Å²) in [5, 5.41) is 0. The van der Waals surface area contributed by atoms with Gasteiger partial charge in [-0.3, -0.25) is 0 Å². The number of benzene rings is 5. The van der Waals surface area contributed by atoms with Crippen LogP contribution in [0.15, 0.2) is 133 Å². The number of hydrogen-bond donors (Lipinski definition) is 0. The lowest BCUT2D eigenvalue weighted by atomic mass is 9.54. The first-order valence-corrected chi connectivity index (χ1v) is 14.2. The summed E-state index contributed by atoms with van der Waals surface area (Å²) in [6.07, 6.45) is 2.46. The number of fused-ring (bicyclic) bond motifs is 4. The van der Waals surface area contributed by atoms with Crippen molar-refractivity contribution in [1.82, 2.24) is 0 Å².